The number of benzene rings is 2. The van der Waals surface area contributed by atoms with Crippen LogP contribution in [0.1, 0.15) is 19.4 Å². The zero-order valence-corrected chi connectivity index (χ0v) is 14.5. The lowest BCUT2D eigenvalue weighted by atomic mass is 10.1. The highest BCUT2D eigenvalue weighted by atomic mass is 32.2. The molecule has 0 aliphatic carbocycles. The first-order valence-corrected chi connectivity index (χ1v) is 9.14. The van der Waals surface area contributed by atoms with Crippen LogP contribution < -0.4 is 10.0 Å². The summed E-state index contributed by atoms with van der Waals surface area (Å²) in [5.74, 6) is 0.135. The summed E-state index contributed by atoms with van der Waals surface area (Å²) in [5.41, 5.74) is 2.16. The van der Waals surface area contributed by atoms with Crippen LogP contribution in [0, 0.1) is 0 Å². The number of hydrogen-bond donors (Lipinski definition) is 2. The summed E-state index contributed by atoms with van der Waals surface area (Å²) >= 11 is 0. The van der Waals surface area contributed by atoms with Gasteiger partial charge in [-0.15, -0.1) is 0 Å². The van der Waals surface area contributed by atoms with Gasteiger partial charge in [-0.25, -0.2) is 13.6 Å². The van der Waals surface area contributed by atoms with E-state index in [1.807, 2.05) is 12.1 Å². The molecule has 0 saturated heterocycles. The maximum atomic E-state index is 11.2. The largest absolute Gasteiger partial charge is 0.507 e. The smallest absolute Gasteiger partial charge is 0.238 e. The maximum Gasteiger partial charge on any atom is 0.238 e. The Labute approximate surface area is 142 Å². The van der Waals surface area contributed by atoms with E-state index in [2.05, 4.69) is 23.7 Å². The van der Waals surface area contributed by atoms with E-state index in [0.29, 0.717) is 11.3 Å². The molecule has 0 aromatic heterocycles. The van der Waals surface area contributed by atoms with Crippen molar-refractivity contribution < 1.29 is 13.5 Å². The average Bonchev–Trinajstić information content (AvgIpc) is 2.55. The second-order valence-corrected chi connectivity index (χ2v) is 6.77. The summed E-state index contributed by atoms with van der Waals surface area (Å²) in [6, 6.07) is 11.3. The molecule has 0 bridgehead atoms. The van der Waals surface area contributed by atoms with Crippen molar-refractivity contribution in [3.05, 3.63) is 48.0 Å². The number of anilines is 1. The zero-order chi connectivity index (χ0) is 17.7. The van der Waals surface area contributed by atoms with Crippen molar-refractivity contribution in [3.8, 4) is 5.75 Å². The first kappa shape index (κ1) is 18.0. The van der Waals surface area contributed by atoms with Gasteiger partial charge in [0, 0.05) is 30.6 Å². The highest BCUT2D eigenvalue weighted by Gasteiger charge is 2.07. The lowest BCUT2D eigenvalue weighted by Crippen LogP contribution is -2.21. The molecule has 0 aliphatic heterocycles. The van der Waals surface area contributed by atoms with Gasteiger partial charge < -0.3 is 10.0 Å². The summed E-state index contributed by atoms with van der Waals surface area (Å²) in [7, 11) is -3.71. The Bertz CT molecular complexity index is 827. The Kier molecular flexibility index (Phi) is 5.58. The molecule has 2 aromatic carbocycles. The molecule has 0 fully saturated rings. The van der Waals surface area contributed by atoms with Crippen LogP contribution in [0.4, 0.5) is 11.4 Å². The van der Waals surface area contributed by atoms with E-state index in [0.717, 1.165) is 18.8 Å². The van der Waals surface area contributed by atoms with Crippen LogP contribution in [0.15, 0.2) is 52.4 Å². The summed E-state index contributed by atoms with van der Waals surface area (Å²) in [4.78, 5) is 6.47. The average molecular weight is 347 g/mol. The van der Waals surface area contributed by atoms with Crippen LogP contribution >= 0.6 is 0 Å². The maximum absolute atomic E-state index is 11.2. The number of aliphatic imine (C=N–C) groups is 1. The minimum Gasteiger partial charge on any atom is -0.507 e. The number of rotatable bonds is 6. The standard InChI is InChI=1S/C17H21N3O3S/c1-3-20(4-2)15-7-10-17(21)13(11-15)12-19-14-5-8-16(9-6-14)24(18,22)23/h5-12,21H,3-4H2,1-2H3,(H2,18,22,23). The number of hydrogen-bond acceptors (Lipinski definition) is 5. The van der Waals surface area contributed by atoms with Gasteiger partial charge in [-0.05, 0) is 56.3 Å². The van der Waals surface area contributed by atoms with Crippen molar-refractivity contribution in [3.63, 3.8) is 0 Å². The quantitative estimate of drug-likeness (QED) is 0.785. The van der Waals surface area contributed by atoms with Crippen molar-refractivity contribution in [2.75, 3.05) is 18.0 Å². The second-order valence-electron chi connectivity index (χ2n) is 5.21. The van der Waals surface area contributed by atoms with Crippen LogP contribution in [0.5, 0.6) is 5.75 Å². The molecule has 128 valence electrons. The molecular formula is C17H21N3O3S. The monoisotopic (exact) mass is 347 g/mol. The third-order valence-electron chi connectivity index (χ3n) is 3.66. The van der Waals surface area contributed by atoms with Gasteiger partial charge in [-0.1, -0.05) is 0 Å². The summed E-state index contributed by atoms with van der Waals surface area (Å²) in [5, 5.41) is 15.0. The molecule has 7 heteroatoms. The number of primary sulfonamides is 1. The van der Waals surface area contributed by atoms with Crippen LogP contribution in [-0.4, -0.2) is 32.8 Å². The van der Waals surface area contributed by atoms with E-state index in [1.165, 1.54) is 12.1 Å². The molecule has 0 aliphatic rings. The highest BCUT2D eigenvalue weighted by Crippen LogP contribution is 2.24. The molecule has 2 rings (SSSR count). The molecule has 6 nitrogen and oxygen atoms in total. The number of nitrogens with zero attached hydrogens (tertiary/aromatic N) is 2. The van der Waals surface area contributed by atoms with Gasteiger partial charge in [0.15, 0.2) is 0 Å². The van der Waals surface area contributed by atoms with Crippen molar-refractivity contribution >= 4 is 27.6 Å². The van der Waals surface area contributed by atoms with Crippen molar-refractivity contribution in [1.29, 1.82) is 0 Å². The number of nitrogens with two attached hydrogens (primary N) is 1. The lowest BCUT2D eigenvalue weighted by molar-refractivity contribution is 0.474. The topological polar surface area (TPSA) is 96.0 Å². The van der Waals surface area contributed by atoms with E-state index in [9.17, 15) is 13.5 Å². The Morgan fingerprint density at radius 1 is 1.12 bits per heavy atom. The molecular weight excluding hydrogens is 326 g/mol. The van der Waals surface area contributed by atoms with Gasteiger partial charge in [0.05, 0.1) is 10.6 Å². The molecule has 0 saturated carbocycles. The van der Waals surface area contributed by atoms with Gasteiger partial charge in [-0.2, -0.15) is 0 Å². The van der Waals surface area contributed by atoms with Gasteiger partial charge in [-0.3, -0.25) is 4.99 Å². The third kappa shape index (κ3) is 4.33. The predicted octanol–water partition coefficient (Wildman–Crippen LogP) is 2.64. The first-order valence-electron chi connectivity index (χ1n) is 7.60. The second kappa shape index (κ2) is 7.46. The van der Waals surface area contributed by atoms with E-state index in [4.69, 9.17) is 5.14 Å². The van der Waals surface area contributed by atoms with Crippen LogP contribution in [-0.2, 0) is 10.0 Å². The third-order valence-corrected chi connectivity index (χ3v) is 4.59. The molecule has 2 aromatic rings. The summed E-state index contributed by atoms with van der Waals surface area (Å²) < 4.78 is 22.5. The fourth-order valence-electron chi connectivity index (χ4n) is 2.30. The van der Waals surface area contributed by atoms with Gasteiger partial charge in [0.2, 0.25) is 10.0 Å². The minimum atomic E-state index is -3.71. The lowest BCUT2D eigenvalue weighted by Gasteiger charge is -2.21. The Morgan fingerprint density at radius 2 is 1.75 bits per heavy atom. The van der Waals surface area contributed by atoms with Crippen molar-refractivity contribution in [2.45, 2.75) is 18.7 Å². The molecule has 0 radical (unpaired) electrons. The van der Waals surface area contributed by atoms with Crippen molar-refractivity contribution in [2.24, 2.45) is 10.1 Å². The molecule has 0 amide bonds. The minimum absolute atomic E-state index is 0.0350. The van der Waals surface area contributed by atoms with E-state index >= 15 is 0 Å². The van der Waals surface area contributed by atoms with Gasteiger partial charge in [0.1, 0.15) is 5.75 Å². The Balaban J connectivity index is 2.26. The SMILES string of the molecule is CCN(CC)c1ccc(O)c(C=Nc2ccc(S(N)(=O)=O)cc2)c1. The Hall–Kier alpha value is -2.38. The van der Waals surface area contributed by atoms with Gasteiger partial charge in [0.25, 0.3) is 0 Å². The number of phenolic OH excluding ortho intramolecular Hbond substituents is 1. The molecule has 0 spiro atoms. The first-order chi connectivity index (χ1) is 11.3. The molecule has 0 atom stereocenters. The van der Waals surface area contributed by atoms with Crippen LogP contribution in [0.3, 0.4) is 0 Å². The van der Waals surface area contributed by atoms with Gasteiger partial charge >= 0.3 is 0 Å². The van der Waals surface area contributed by atoms with E-state index < -0.39 is 10.0 Å². The number of aromatic hydroxyl groups is 1. The molecule has 0 heterocycles. The normalized spacial score (nSPS) is 11.8. The van der Waals surface area contributed by atoms with Crippen molar-refractivity contribution in [1.82, 2.24) is 0 Å². The fraction of sp³-hybridized carbons (Fsp3) is 0.235. The van der Waals surface area contributed by atoms with E-state index in [1.54, 1.807) is 24.4 Å². The van der Waals surface area contributed by atoms with Crippen LogP contribution in [0.25, 0.3) is 0 Å². The summed E-state index contributed by atoms with van der Waals surface area (Å²) in [6.45, 7) is 5.87. The zero-order valence-electron chi connectivity index (χ0n) is 13.7. The number of sulfonamides is 1. The van der Waals surface area contributed by atoms with Crippen LogP contribution in [0.2, 0.25) is 0 Å². The fourth-order valence-corrected chi connectivity index (χ4v) is 2.81. The highest BCUT2D eigenvalue weighted by molar-refractivity contribution is 7.89. The molecule has 3 N–H and O–H groups in total. The number of phenols is 1. The molecule has 24 heavy (non-hydrogen) atoms. The predicted molar refractivity (Wildman–Crippen MR) is 96.7 cm³/mol. The summed E-state index contributed by atoms with van der Waals surface area (Å²) in [6.07, 6.45) is 1.55. The van der Waals surface area contributed by atoms with E-state index in [-0.39, 0.29) is 10.6 Å². The Morgan fingerprint density at radius 3 is 2.29 bits per heavy atom. The molecule has 0 unspecified atom stereocenters.